The van der Waals surface area contributed by atoms with Crippen LogP contribution in [0, 0.1) is 5.92 Å². The average molecular weight is 348 g/mol. The van der Waals surface area contributed by atoms with Crippen LogP contribution < -0.4 is 5.32 Å². The number of nitrogens with zero attached hydrogens (tertiary/aromatic N) is 3. The van der Waals surface area contributed by atoms with Crippen molar-refractivity contribution in [3.63, 3.8) is 0 Å². The molecule has 1 fully saturated rings. The molecule has 1 aliphatic rings. The van der Waals surface area contributed by atoms with Gasteiger partial charge in [0.2, 0.25) is 0 Å². The third-order valence-corrected chi connectivity index (χ3v) is 5.17. The topological polar surface area (TPSA) is 76.5 Å². The van der Waals surface area contributed by atoms with Crippen molar-refractivity contribution in [3.8, 4) is 0 Å². The molecule has 0 aromatic carbocycles. The average Bonchev–Trinajstić information content (AvgIpc) is 3.26. The van der Waals surface area contributed by atoms with Crippen molar-refractivity contribution < 1.29 is 14.3 Å². The van der Waals surface area contributed by atoms with Crippen LogP contribution in [0.5, 0.6) is 0 Å². The minimum atomic E-state index is -0.449. The Labute approximate surface area is 144 Å². The van der Waals surface area contributed by atoms with Gasteiger partial charge in [-0.1, -0.05) is 6.92 Å². The molecule has 0 aliphatic carbocycles. The lowest BCUT2D eigenvalue weighted by atomic mass is 9.93. The van der Waals surface area contributed by atoms with Crippen molar-refractivity contribution in [2.24, 2.45) is 5.92 Å². The number of likely N-dealkylation sites (tertiary alicyclic amines) is 1. The summed E-state index contributed by atoms with van der Waals surface area (Å²) in [5.41, 5.74) is 0.877. The number of imidazole rings is 1. The predicted molar refractivity (Wildman–Crippen MR) is 91.3 cm³/mol. The van der Waals surface area contributed by atoms with Gasteiger partial charge in [-0.25, -0.2) is 14.6 Å². The molecule has 0 unspecified atom stereocenters. The largest absolute Gasteiger partial charge is 0.465 e. The van der Waals surface area contributed by atoms with Crippen LogP contribution in [-0.2, 0) is 4.74 Å². The van der Waals surface area contributed by atoms with Crippen molar-refractivity contribution in [2.75, 3.05) is 25.5 Å². The molecular weight excluding hydrogens is 328 g/mol. The lowest BCUT2D eigenvalue weighted by molar-refractivity contribution is 0.0602. The summed E-state index contributed by atoms with van der Waals surface area (Å²) in [6.07, 6.45) is 6.39. The summed E-state index contributed by atoms with van der Waals surface area (Å²) in [5.74, 6) is 0.0186. The maximum atomic E-state index is 12.6. The van der Waals surface area contributed by atoms with Gasteiger partial charge in [-0.2, -0.15) is 0 Å². The van der Waals surface area contributed by atoms with Crippen molar-refractivity contribution in [3.05, 3.63) is 35.0 Å². The molecule has 0 spiro atoms. The lowest BCUT2D eigenvalue weighted by Gasteiger charge is -2.37. The Kier molecular flexibility index (Phi) is 4.84. The number of carbonyl (C=O) groups excluding carboxylic acids is 2. The Morgan fingerprint density at radius 1 is 1.42 bits per heavy atom. The number of thiophene rings is 1. The van der Waals surface area contributed by atoms with E-state index in [1.54, 1.807) is 28.2 Å². The first kappa shape index (κ1) is 16.5. The smallest absolute Gasteiger partial charge is 0.340 e. The minimum Gasteiger partial charge on any atom is -0.465 e. The number of hydrogen-bond acceptors (Lipinski definition) is 5. The monoisotopic (exact) mass is 348 g/mol. The predicted octanol–water partition coefficient (Wildman–Crippen LogP) is 2.85. The maximum Gasteiger partial charge on any atom is 0.340 e. The summed E-state index contributed by atoms with van der Waals surface area (Å²) >= 11 is 1.35. The van der Waals surface area contributed by atoms with Gasteiger partial charge in [0.1, 0.15) is 0 Å². The van der Waals surface area contributed by atoms with Gasteiger partial charge >= 0.3 is 12.0 Å². The fourth-order valence-corrected chi connectivity index (χ4v) is 3.69. The molecule has 3 heterocycles. The van der Waals surface area contributed by atoms with E-state index in [4.69, 9.17) is 4.74 Å². The number of carbonyl (C=O) groups is 2. The summed E-state index contributed by atoms with van der Waals surface area (Å²) in [4.78, 5) is 30.2. The summed E-state index contributed by atoms with van der Waals surface area (Å²) in [6, 6.07) is 0.00474. The van der Waals surface area contributed by atoms with Gasteiger partial charge in [-0.15, -0.1) is 11.3 Å². The van der Waals surface area contributed by atoms with Crippen LogP contribution in [0.3, 0.4) is 0 Å². The number of rotatable bonds is 3. The van der Waals surface area contributed by atoms with E-state index >= 15 is 0 Å². The first-order valence-corrected chi connectivity index (χ1v) is 8.72. The summed E-state index contributed by atoms with van der Waals surface area (Å²) in [7, 11) is 1.33. The molecule has 2 atom stereocenters. The normalized spacial score (nSPS) is 20.7. The second kappa shape index (κ2) is 7.04. The Hall–Kier alpha value is -2.35. The first-order chi connectivity index (χ1) is 11.6. The second-order valence-electron chi connectivity index (χ2n) is 5.91. The van der Waals surface area contributed by atoms with Gasteiger partial charge in [0.15, 0.2) is 0 Å². The highest BCUT2D eigenvalue weighted by atomic mass is 32.1. The van der Waals surface area contributed by atoms with E-state index in [0.717, 1.165) is 6.42 Å². The molecule has 3 rings (SSSR count). The highest BCUT2D eigenvalue weighted by Crippen LogP contribution is 2.28. The molecule has 1 saturated heterocycles. The summed E-state index contributed by atoms with van der Waals surface area (Å²) < 4.78 is 6.79. The first-order valence-electron chi connectivity index (χ1n) is 7.78. The highest BCUT2D eigenvalue weighted by Gasteiger charge is 2.30. The number of urea groups is 1. The lowest BCUT2D eigenvalue weighted by Crippen LogP contribution is -2.45. The molecule has 24 heavy (non-hydrogen) atoms. The van der Waals surface area contributed by atoms with Gasteiger partial charge in [0.25, 0.3) is 0 Å². The van der Waals surface area contributed by atoms with Gasteiger partial charge in [0, 0.05) is 36.2 Å². The zero-order chi connectivity index (χ0) is 17.1. The van der Waals surface area contributed by atoms with E-state index < -0.39 is 5.97 Å². The number of aromatic nitrogens is 2. The molecule has 1 N–H and O–H groups in total. The standard InChI is InChI=1S/C16H20N4O3S/c1-11-3-5-19(7-14(11)20-6-4-17-10-20)16(22)18-13-9-24-8-12(13)15(21)23-2/h4,6,8-11,14H,3,5,7H2,1-2H3,(H,18,22)/t11-,14+/m1/s1. The number of hydrogen-bond donors (Lipinski definition) is 1. The van der Waals surface area contributed by atoms with Crippen LogP contribution in [-0.4, -0.2) is 46.7 Å². The van der Waals surface area contributed by atoms with Gasteiger partial charge < -0.3 is 19.5 Å². The number of ether oxygens (including phenoxy) is 1. The van der Waals surface area contributed by atoms with E-state index in [0.29, 0.717) is 30.3 Å². The van der Waals surface area contributed by atoms with Crippen molar-refractivity contribution >= 4 is 29.0 Å². The molecule has 7 nitrogen and oxygen atoms in total. The van der Waals surface area contributed by atoms with Crippen LogP contribution in [0.1, 0.15) is 29.7 Å². The number of nitrogens with one attached hydrogen (secondary N) is 1. The molecule has 1 aliphatic heterocycles. The van der Waals surface area contributed by atoms with Crippen LogP contribution in [0.2, 0.25) is 0 Å². The highest BCUT2D eigenvalue weighted by molar-refractivity contribution is 7.08. The Morgan fingerprint density at radius 2 is 2.25 bits per heavy atom. The zero-order valence-electron chi connectivity index (χ0n) is 13.6. The van der Waals surface area contributed by atoms with E-state index in [1.807, 2.05) is 6.20 Å². The minimum absolute atomic E-state index is 0.199. The van der Waals surface area contributed by atoms with Crippen molar-refractivity contribution in [1.29, 1.82) is 0 Å². The molecule has 2 aromatic rings. The van der Waals surface area contributed by atoms with Gasteiger partial charge in [-0.05, 0) is 12.3 Å². The van der Waals surface area contributed by atoms with E-state index in [9.17, 15) is 9.59 Å². The quantitative estimate of drug-likeness (QED) is 0.866. The molecule has 0 saturated carbocycles. The Morgan fingerprint density at radius 3 is 2.96 bits per heavy atom. The summed E-state index contributed by atoms with van der Waals surface area (Å²) in [6.45, 7) is 3.49. The molecule has 0 bridgehead atoms. The SMILES string of the molecule is COC(=O)c1cscc1NC(=O)N1CC[C@@H](C)[C@@H](n2ccnc2)C1. The fraction of sp³-hybridized carbons (Fsp3) is 0.438. The number of piperidine rings is 1. The fourth-order valence-electron chi connectivity index (χ4n) is 2.94. The van der Waals surface area contributed by atoms with Crippen LogP contribution in [0.4, 0.5) is 10.5 Å². The van der Waals surface area contributed by atoms with Crippen LogP contribution >= 0.6 is 11.3 Å². The maximum absolute atomic E-state index is 12.6. The number of methoxy groups -OCH3 is 1. The number of amides is 2. The number of anilines is 1. The molecular formula is C16H20N4O3S. The van der Waals surface area contributed by atoms with E-state index in [1.165, 1.54) is 18.4 Å². The van der Waals surface area contributed by atoms with Crippen molar-refractivity contribution in [1.82, 2.24) is 14.5 Å². The molecule has 128 valence electrons. The Balaban J connectivity index is 1.69. The molecule has 2 amide bonds. The Bertz CT molecular complexity index is 713. The second-order valence-corrected chi connectivity index (χ2v) is 6.65. The zero-order valence-corrected chi connectivity index (χ0v) is 14.5. The third-order valence-electron chi connectivity index (χ3n) is 4.42. The third kappa shape index (κ3) is 3.28. The molecule has 0 radical (unpaired) electrons. The van der Waals surface area contributed by atoms with Crippen molar-refractivity contribution in [2.45, 2.75) is 19.4 Å². The van der Waals surface area contributed by atoms with Crippen LogP contribution in [0.15, 0.2) is 29.5 Å². The molecule has 8 heteroatoms. The summed E-state index contributed by atoms with van der Waals surface area (Å²) in [5, 5.41) is 6.24. The number of esters is 1. The molecule has 2 aromatic heterocycles. The van der Waals surface area contributed by atoms with Crippen LogP contribution in [0.25, 0.3) is 0 Å². The van der Waals surface area contributed by atoms with Gasteiger partial charge in [-0.3, -0.25) is 0 Å². The van der Waals surface area contributed by atoms with E-state index in [-0.39, 0.29) is 12.1 Å². The van der Waals surface area contributed by atoms with Gasteiger partial charge in [0.05, 0.1) is 30.7 Å². The van der Waals surface area contributed by atoms with E-state index in [2.05, 4.69) is 21.8 Å².